The normalized spacial score (nSPS) is 17.6. The molecule has 0 radical (unpaired) electrons. The summed E-state index contributed by atoms with van der Waals surface area (Å²) in [7, 11) is 2.14. The predicted molar refractivity (Wildman–Crippen MR) is 74.7 cm³/mol. The second kappa shape index (κ2) is 5.20. The number of carboxylic acids is 1. The molecule has 0 saturated carbocycles. The highest BCUT2D eigenvalue weighted by atomic mass is 16.4. The van der Waals surface area contributed by atoms with Gasteiger partial charge < -0.3 is 10.0 Å². The lowest BCUT2D eigenvalue weighted by Gasteiger charge is -2.28. The van der Waals surface area contributed by atoms with E-state index in [0.29, 0.717) is 11.4 Å². The van der Waals surface area contributed by atoms with Crippen LogP contribution in [0.2, 0.25) is 0 Å². The van der Waals surface area contributed by atoms with Crippen LogP contribution in [-0.2, 0) is 6.54 Å². The van der Waals surface area contributed by atoms with Gasteiger partial charge in [-0.25, -0.2) is 9.48 Å². The predicted octanol–water partition coefficient (Wildman–Crippen LogP) is 1.47. The summed E-state index contributed by atoms with van der Waals surface area (Å²) in [5.74, 6) is -0.369. The van der Waals surface area contributed by atoms with Crippen molar-refractivity contribution in [3.63, 3.8) is 0 Å². The maximum absolute atomic E-state index is 11.2. The van der Waals surface area contributed by atoms with Crippen LogP contribution in [0.25, 0.3) is 11.0 Å². The molecule has 1 fully saturated rings. The quantitative estimate of drug-likeness (QED) is 0.917. The first-order valence-corrected chi connectivity index (χ1v) is 6.89. The minimum absolute atomic E-state index is 0.220. The third kappa shape index (κ3) is 2.38. The van der Waals surface area contributed by atoms with Crippen LogP contribution < -0.4 is 0 Å². The monoisotopic (exact) mass is 274 g/mol. The molecule has 1 N–H and O–H groups in total. The van der Waals surface area contributed by atoms with E-state index < -0.39 is 5.97 Å². The van der Waals surface area contributed by atoms with E-state index in [-0.39, 0.29) is 5.56 Å². The highest BCUT2D eigenvalue weighted by molar-refractivity contribution is 6.00. The van der Waals surface area contributed by atoms with Gasteiger partial charge in [0.2, 0.25) is 0 Å². The SMILES string of the molecule is CN1CCC(Cn2nnc3c(C(=O)O)cccc32)CC1. The number of benzene rings is 1. The number of piperidine rings is 1. The lowest BCUT2D eigenvalue weighted by molar-refractivity contribution is 0.0699. The van der Waals surface area contributed by atoms with Gasteiger partial charge in [0.1, 0.15) is 5.52 Å². The fourth-order valence-electron chi connectivity index (χ4n) is 2.79. The van der Waals surface area contributed by atoms with Crippen molar-refractivity contribution in [1.29, 1.82) is 0 Å². The molecule has 0 atom stereocenters. The molecule has 20 heavy (non-hydrogen) atoms. The number of fused-ring (bicyclic) bond motifs is 1. The standard InChI is InChI=1S/C14H18N4O2/c1-17-7-5-10(6-8-17)9-18-12-4-2-3-11(14(19)20)13(12)15-16-18/h2-4,10H,5-9H2,1H3,(H,19,20). The molecule has 1 saturated heterocycles. The van der Waals surface area contributed by atoms with Crippen LogP contribution in [0.5, 0.6) is 0 Å². The van der Waals surface area contributed by atoms with Gasteiger partial charge in [0, 0.05) is 6.54 Å². The van der Waals surface area contributed by atoms with Crippen LogP contribution in [0, 0.1) is 5.92 Å². The van der Waals surface area contributed by atoms with Crippen molar-refractivity contribution in [3.8, 4) is 0 Å². The summed E-state index contributed by atoms with van der Waals surface area (Å²) in [5, 5.41) is 17.3. The Balaban J connectivity index is 1.86. The van der Waals surface area contributed by atoms with Crippen molar-refractivity contribution in [3.05, 3.63) is 23.8 Å². The molecule has 3 rings (SSSR count). The molecular formula is C14H18N4O2. The van der Waals surface area contributed by atoms with E-state index in [2.05, 4.69) is 22.3 Å². The number of carboxylic acid groups (broad SMARTS) is 1. The van der Waals surface area contributed by atoms with E-state index in [4.69, 9.17) is 5.11 Å². The van der Waals surface area contributed by atoms with Gasteiger partial charge in [-0.15, -0.1) is 5.10 Å². The van der Waals surface area contributed by atoms with Gasteiger partial charge in [0.15, 0.2) is 0 Å². The van der Waals surface area contributed by atoms with Crippen LogP contribution in [0.3, 0.4) is 0 Å². The Labute approximate surface area is 117 Å². The van der Waals surface area contributed by atoms with Crippen LogP contribution in [-0.4, -0.2) is 51.1 Å². The van der Waals surface area contributed by atoms with Crippen molar-refractivity contribution in [2.75, 3.05) is 20.1 Å². The summed E-state index contributed by atoms with van der Waals surface area (Å²) in [6.07, 6.45) is 2.30. The van der Waals surface area contributed by atoms with Crippen molar-refractivity contribution in [2.45, 2.75) is 19.4 Å². The van der Waals surface area contributed by atoms with Crippen molar-refractivity contribution < 1.29 is 9.90 Å². The molecule has 6 nitrogen and oxygen atoms in total. The summed E-state index contributed by atoms with van der Waals surface area (Å²) in [6, 6.07) is 5.20. The van der Waals surface area contributed by atoms with Gasteiger partial charge in [-0.05, 0) is 51.0 Å². The number of aromatic carboxylic acids is 1. The van der Waals surface area contributed by atoms with Gasteiger partial charge in [0.05, 0.1) is 11.1 Å². The molecule has 0 bridgehead atoms. The molecule has 1 aliphatic rings. The molecule has 0 spiro atoms. The van der Waals surface area contributed by atoms with Gasteiger partial charge in [-0.1, -0.05) is 11.3 Å². The zero-order chi connectivity index (χ0) is 14.1. The van der Waals surface area contributed by atoms with Crippen LogP contribution >= 0.6 is 0 Å². The number of aromatic nitrogens is 3. The third-order valence-electron chi connectivity index (χ3n) is 4.05. The molecule has 2 heterocycles. The molecule has 1 aromatic heterocycles. The Kier molecular flexibility index (Phi) is 3.40. The average Bonchev–Trinajstić information content (AvgIpc) is 2.84. The summed E-state index contributed by atoms with van der Waals surface area (Å²) < 4.78 is 1.84. The van der Waals surface area contributed by atoms with E-state index in [1.165, 1.54) is 0 Å². The zero-order valence-corrected chi connectivity index (χ0v) is 11.5. The van der Waals surface area contributed by atoms with Gasteiger partial charge in [-0.3, -0.25) is 0 Å². The summed E-state index contributed by atoms with van der Waals surface area (Å²) in [6.45, 7) is 3.03. The number of rotatable bonds is 3. The van der Waals surface area contributed by atoms with E-state index >= 15 is 0 Å². The van der Waals surface area contributed by atoms with E-state index in [9.17, 15) is 4.79 Å². The Morgan fingerprint density at radius 2 is 2.15 bits per heavy atom. The summed E-state index contributed by atoms with van der Waals surface area (Å²) in [4.78, 5) is 13.5. The van der Waals surface area contributed by atoms with E-state index in [1.54, 1.807) is 12.1 Å². The Morgan fingerprint density at radius 1 is 1.40 bits per heavy atom. The second-order valence-corrected chi connectivity index (χ2v) is 5.50. The molecular weight excluding hydrogens is 256 g/mol. The molecule has 6 heteroatoms. The molecule has 0 unspecified atom stereocenters. The van der Waals surface area contributed by atoms with Crippen LogP contribution in [0.4, 0.5) is 0 Å². The first-order valence-electron chi connectivity index (χ1n) is 6.89. The van der Waals surface area contributed by atoms with E-state index in [0.717, 1.165) is 38.0 Å². The highest BCUT2D eigenvalue weighted by Crippen LogP contribution is 2.21. The lowest BCUT2D eigenvalue weighted by Crippen LogP contribution is -2.32. The van der Waals surface area contributed by atoms with E-state index in [1.807, 2.05) is 10.7 Å². The maximum atomic E-state index is 11.2. The number of nitrogens with zero attached hydrogens (tertiary/aromatic N) is 4. The fraction of sp³-hybridized carbons (Fsp3) is 0.500. The minimum atomic E-state index is -0.957. The first kappa shape index (κ1) is 13.1. The van der Waals surface area contributed by atoms with Gasteiger partial charge >= 0.3 is 5.97 Å². The molecule has 106 valence electrons. The highest BCUT2D eigenvalue weighted by Gasteiger charge is 2.20. The Hall–Kier alpha value is -1.95. The number of hydrogen-bond acceptors (Lipinski definition) is 4. The summed E-state index contributed by atoms with van der Waals surface area (Å²) in [5.41, 5.74) is 1.51. The third-order valence-corrected chi connectivity index (χ3v) is 4.05. The van der Waals surface area contributed by atoms with Crippen molar-refractivity contribution in [2.24, 2.45) is 5.92 Å². The summed E-state index contributed by atoms with van der Waals surface area (Å²) >= 11 is 0. The first-order chi connectivity index (χ1) is 9.65. The number of carbonyl (C=O) groups is 1. The Morgan fingerprint density at radius 3 is 2.85 bits per heavy atom. The maximum Gasteiger partial charge on any atom is 0.338 e. The van der Waals surface area contributed by atoms with Crippen LogP contribution in [0.15, 0.2) is 18.2 Å². The van der Waals surface area contributed by atoms with Crippen molar-refractivity contribution >= 4 is 17.0 Å². The molecule has 0 amide bonds. The zero-order valence-electron chi connectivity index (χ0n) is 11.5. The molecule has 1 aromatic carbocycles. The fourth-order valence-corrected chi connectivity index (χ4v) is 2.79. The topological polar surface area (TPSA) is 71.2 Å². The average molecular weight is 274 g/mol. The molecule has 0 aliphatic carbocycles. The van der Waals surface area contributed by atoms with Gasteiger partial charge in [-0.2, -0.15) is 0 Å². The van der Waals surface area contributed by atoms with Crippen LogP contribution in [0.1, 0.15) is 23.2 Å². The number of likely N-dealkylation sites (tertiary alicyclic amines) is 1. The van der Waals surface area contributed by atoms with Crippen molar-refractivity contribution in [1.82, 2.24) is 19.9 Å². The molecule has 1 aliphatic heterocycles. The minimum Gasteiger partial charge on any atom is -0.478 e. The second-order valence-electron chi connectivity index (χ2n) is 5.50. The number of hydrogen-bond donors (Lipinski definition) is 1. The molecule has 2 aromatic rings. The lowest BCUT2D eigenvalue weighted by atomic mass is 9.97. The smallest absolute Gasteiger partial charge is 0.338 e. The largest absolute Gasteiger partial charge is 0.478 e. The van der Waals surface area contributed by atoms with Gasteiger partial charge in [0.25, 0.3) is 0 Å². The Bertz CT molecular complexity index is 629.